The summed E-state index contributed by atoms with van der Waals surface area (Å²) in [7, 11) is 0. The van der Waals surface area contributed by atoms with E-state index in [2.05, 4.69) is 29.6 Å². The smallest absolute Gasteiger partial charge is 0.404 e. The highest BCUT2D eigenvalue weighted by Gasteiger charge is 2.06. The monoisotopic (exact) mass is 327 g/mol. The van der Waals surface area contributed by atoms with Crippen molar-refractivity contribution in [2.45, 2.75) is 13.0 Å². The van der Waals surface area contributed by atoms with Crippen LogP contribution in [0.1, 0.15) is 10.4 Å². The number of carbonyl (C=O) groups is 1. The van der Waals surface area contributed by atoms with Gasteiger partial charge in [-0.2, -0.15) is 0 Å². The van der Waals surface area contributed by atoms with Gasteiger partial charge in [0.15, 0.2) is 4.80 Å². The summed E-state index contributed by atoms with van der Waals surface area (Å²) in [6.45, 7) is 1.01. The number of amides is 1. The first kappa shape index (κ1) is 15.3. The van der Waals surface area contributed by atoms with Crippen molar-refractivity contribution in [1.82, 2.24) is 9.88 Å². The van der Waals surface area contributed by atoms with Crippen LogP contribution in [0.5, 0.6) is 0 Å². The quantitative estimate of drug-likeness (QED) is 0.673. The maximum absolute atomic E-state index is 10.5. The van der Waals surface area contributed by atoms with Gasteiger partial charge in [-0.15, -0.1) is 11.3 Å². The Hall–Kier alpha value is -2.60. The molecular weight excluding hydrogens is 310 g/mol. The van der Waals surface area contributed by atoms with E-state index in [1.165, 1.54) is 27.7 Å². The fraction of sp³-hybridized carbons (Fsp3) is 0.176. The normalized spacial score (nSPS) is 10.8. The molecule has 5 nitrogen and oxygen atoms in total. The van der Waals surface area contributed by atoms with E-state index in [4.69, 9.17) is 10.5 Å². The lowest BCUT2D eigenvalue weighted by Gasteiger charge is -2.07. The first-order valence-electron chi connectivity index (χ1n) is 7.30. The molecule has 6 heteroatoms. The third-order valence-electron chi connectivity index (χ3n) is 3.66. The summed E-state index contributed by atoms with van der Waals surface area (Å²) in [4.78, 5) is 12.0. The molecular formula is C17H17N3O2S. The number of benzene rings is 2. The Morgan fingerprint density at radius 3 is 2.83 bits per heavy atom. The Kier molecular flexibility index (Phi) is 4.43. The van der Waals surface area contributed by atoms with E-state index in [1.807, 2.05) is 29.0 Å². The predicted octanol–water partition coefficient (Wildman–Crippen LogP) is 3.04. The van der Waals surface area contributed by atoms with E-state index in [1.54, 1.807) is 0 Å². The second-order valence-corrected chi connectivity index (χ2v) is 6.37. The fourth-order valence-corrected chi connectivity index (χ4v) is 3.45. The average Bonchev–Trinajstić information content (AvgIpc) is 2.87. The van der Waals surface area contributed by atoms with Gasteiger partial charge in [-0.1, -0.05) is 42.5 Å². The molecule has 0 fully saturated rings. The molecule has 0 spiro atoms. The molecule has 0 aliphatic rings. The Labute approximate surface area is 137 Å². The predicted molar refractivity (Wildman–Crippen MR) is 90.9 cm³/mol. The standard InChI is InChI=1S/C17H17N3O2S/c18-16-20(11-14(23-16)8-9-19-17(21)22)10-13-6-3-5-12-4-1-2-7-15(12)13/h1-7,11,18-19H,8-10H2,(H,21,22). The van der Waals surface area contributed by atoms with Crippen LogP contribution in [0.4, 0.5) is 4.79 Å². The van der Waals surface area contributed by atoms with Gasteiger partial charge in [0.05, 0.1) is 6.54 Å². The lowest BCUT2D eigenvalue weighted by molar-refractivity contribution is 0.194. The molecule has 3 rings (SSSR count). The average molecular weight is 327 g/mol. The number of nitrogens with one attached hydrogen (secondary N) is 2. The van der Waals surface area contributed by atoms with Crippen molar-refractivity contribution in [1.29, 1.82) is 5.41 Å². The Bertz CT molecular complexity index is 893. The van der Waals surface area contributed by atoms with Crippen LogP contribution in [-0.4, -0.2) is 22.3 Å². The fourth-order valence-electron chi connectivity index (χ4n) is 2.58. The van der Waals surface area contributed by atoms with Gasteiger partial charge in [0.1, 0.15) is 0 Å². The van der Waals surface area contributed by atoms with Crippen LogP contribution in [0.25, 0.3) is 10.8 Å². The third-order valence-corrected chi connectivity index (χ3v) is 4.66. The van der Waals surface area contributed by atoms with E-state index >= 15 is 0 Å². The van der Waals surface area contributed by atoms with Crippen LogP contribution in [0.2, 0.25) is 0 Å². The van der Waals surface area contributed by atoms with Gasteiger partial charge < -0.3 is 15.0 Å². The highest BCUT2D eigenvalue weighted by molar-refractivity contribution is 7.09. The summed E-state index contributed by atoms with van der Waals surface area (Å²) >= 11 is 1.39. The molecule has 118 valence electrons. The minimum absolute atomic E-state index is 0.365. The number of nitrogens with zero attached hydrogens (tertiary/aromatic N) is 1. The maximum atomic E-state index is 10.5. The van der Waals surface area contributed by atoms with Gasteiger partial charge >= 0.3 is 6.09 Å². The van der Waals surface area contributed by atoms with Crippen LogP contribution in [-0.2, 0) is 13.0 Å². The van der Waals surface area contributed by atoms with Crippen molar-refractivity contribution in [3.8, 4) is 0 Å². The Morgan fingerprint density at radius 2 is 2.00 bits per heavy atom. The molecule has 0 saturated carbocycles. The number of aromatic nitrogens is 1. The van der Waals surface area contributed by atoms with Crippen molar-refractivity contribution in [2.24, 2.45) is 0 Å². The molecule has 0 atom stereocenters. The summed E-state index contributed by atoms with van der Waals surface area (Å²) < 4.78 is 1.91. The molecule has 1 amide bonds. The van der Waals surface area contributed by atoms with Gasteiger partial charge in [0, 0.05) is 24.0 Å². The van der Waals surface area contributed by atoms with E-state index < -0.39 is 6.09 Å². The number of hydrogen-bond acceptors (Lipinski definition) is 3. The zero-order valence-electron chi connectivity index (χ0n) is 12.5. The summed E-state index contributed by atoms with van der Waals surface area (Å²) in [5.41, 5.74) is 1.18. The molecule has 23 heavy (non-hydrogen) atoms. The second-order valence-electron chi connectivity index (χ2n) is 5.25. The number of thiazole rings is 1. The highest BCUT2D eigenvalue weighted by Crippen LogP contribution is 2.19. The van der Waals surface area contributed by atoms with Crippen molar-refractivity contribution < 1.29 is 9.90 Å². The number of fused-ring (bicyclic) bond motifs is 1. The van der Waals surface area contributed by atoms with Gasteiger partial charge in [0.25, 0.3) is 0 Å². The first-order valence-corrected chi connectivity index (χ1v) is 8.12. The molecule has 2 aromatic carbocycles. The lowest BCUT2D eigenvalue weighted by atomic mass is 10.0. The topological polar surface area (TPSA) is 78.1 Å². The van der Waals surface area contributed by atoms with Crippen LogP contribution in [0.15, 0.2) is 48.7 Å². The Morgan fingerprint density at radius 1 is 1.22 bits per heavy atom. The molecule has 1 aromatic heterocycles. The molecule has 3 N–H and O–H groups in total. The molecule has 0 bridgehead atoms. The molecule has 1 heterocycles. The zero-order valence-corrected chi connectivity index (χ0v) is 13.3. The highest BCUT2D eigenvalue weighted by atomic mass is 32.1. The lowest BCUT2D eigenvalue weighted by Crippen LogP contribution is -2.22. The molecule has 0 saturated heterocycles. The van der Waals surface area contributed by atoms with E-state index in [0.717, 1.165) is 4.88 Å². The SMILES string of the molecule is N=c1sc(CCNC(=O)O)cn1Cc1cccc2ccccc12. The summed E-state index contributed by atoms with van der Waals surface area (Å²) in [6, 6.07) is 14.4. The van der Waals surface area contributed by atoms with Gasteiger partial charge in [-0.05, 0) is 16.3 Å². The van der Waals surface area contributed by atoms with E-state index in [0.29, 0.717) is 24.3 Å². The van der Waals surface area contributed by atoms with E-state index in [9.17, 15) is 4.79 Å². The zero-order chi connectivity index (χ0) is 16.2. The van der Waals surface area contributed by atoms with Crippen LogP contribution < -0.4 is 10.1 Å². The summed E-state index contributed by atoms with van der Waals surface area (Å²) in [6.07, 6.45) is 1.53. The number of hydrogen-bond donors (Lipinski definition) is 3. The van der Waals surface area contributed by atoms with Crippen LogP contribution in [0, 0.1) is 5.41 Å². The third kappa shape index (κ3) is 3.60. The minimum Gasteiger partial charge on any atom is -0.465 e. The van der Waals surface area contributed by atoms with Crippen molar-refractivity contribution in [3.63, 3.8) is 0 Å². The molecule has 0 aliphatic carbocycles. The largest absolute Gasteiger partial charge is 0.465 e. The Balaban J connectivity index is 1.81. The van der Waals surface area contributed by atoms with Gasteiger partial charge in [-0.25, -0.2) is 4.79 Å². The van der Waals surface area contributed by atoms with Crippen molar-refractivity contribution >= 4 is 28.2 Å². The number of rotatable bonds is 5. The first-order chi connectivity index (χ1) is 11.1. The van der Waals surface area contributed by atoms with Gasteiger partial charge in [0.2, 0.25) is 0 Å². The minimum atomic E-state index is -1.02. The van der Waals surface area contributed by atoms with Crippen LogP contribution in [0.3, 0.4) is 0 Å². The summed E-state index contributed by atoms with van der Waals surface area (Å²) in [5, 5.41) is 21.4. The van der Waals surface area contributed by atoms with Crippen LogP contribution >= 0.6 is 11.3 Å². The number of carboxylic acid groups (broad SMARTS) is 1. The van der Waals surface area contributed by atoms with Crippen molar-refractivity contribution in [2.75, 3.05) is 6.54 Å². The molecule has 0 aliphatic heterocycles. The van der Waals surface area contributed by atoms with E-state index in [-0.39, 0.29) is 0 Å². The molecule has 0 radical (unpaired) electrons. The second kappa shape index (κ2) is 6.66. The van der Waals surface area contributed by atoms with Crippen molar-refractivity contribution in [3.05, 3.63) is 63.9 Å². The maximum Gasteiger partial charge on any atom is 0.404 e. The molecule has 0 unspecified atom stereocenters. The molecule has 3 aromatic rings. The van der Waals surface area contributed by atoms with Gasteiger partial charge in [-0.3, -0.25) is 5.41 Å². The summed E-state index contributed by atoms with van der Waals surface area (Å²) in [5.74, 6) is 0.